The second-order valence-electron chi connectivity index (χ2n) is 4.08. The Morgan fingerprint density at radius 2 is 2.00 bits per heavy atom. The Labute approximate surface area is 130 Å². The van der Waals surface area contributed by atoms with Gasteiger partial charge in [0, 0.05) is 29.3 Å². The molecule has 0 saturated heterocycles. The van der Waals surface area contributed by atoms with E-state index >= 15 is 0 Å². The number of nitrogens with zero attached hydrogens (tertiary/aromatic N) is 1. The van der Waals surface area contributed by atoms with E-state index in [0.717, 1.165) is 4.47 Å². The molecule has 1 rings (SSSR count). The fourth-order valence-electron chi connectivity index (χ4n) is 1.40. The number of benzene rings is 1. The summed E-state index contributed by atoms with van der Waals surface area (Å²) in [7, 11) is 0. The highest BCUT2D eigenvalue weighted by atomic mass is 79.9. The average molecular weight is 352 g/mol. The monoisotopic (exact) mass is 351 g/mol. The number of carbonyl (C=O) groups excluding carboxylic acids is 1. The standard InChI is InChI=1S/C14H14BrN3O3/c15-11-3-5-12(6-4-11)18-14(21)10(8-16)9-17-7-1-2-13(19)20/h3-6,9,17H,1-2,7H2,(H,18,21)(H,19,20)/b10-9-. The molecule has 0 aliphatic carbocycles. The maximum Gasteiger partial charge on any atom is 0.303 e. The molecule has 0 aliphatic rings. The minimum Gasteiger partial charge on any atom is -0.481 e. The van der Waals surface area contributed by atoms with Crippen molar-refractivity contribution in [3.8, 4) is 6.07 Å². The van der Waals surface area contributed by atoms with Crippen molar-refractivity contribution < 1.29 is 14.7 Å². The van der Waals surface area contributed by atoms with Crippen LogP contribution in [0.25, 0.3) is 0 Å². The van der Waals surface area contributed by atoms with Crippen molar-refractivity contribution in [3.05, 3.63) is 40.5 Å². The summed E-state index contributed by atoms with van der Waals surface area (Å²) in [5.41, 5.74) is 0.503. The highest BCUT2D eigenvalue weighted by Crippen LogP contribution is 2.14. The molecule has 1 amide bonds. The minimum absolute atomic E-state index is 0.0355. The Hall–Kier alpha value is -2.33. The maximum absolute atomic E-state index is 11.9. The number of halogens is 1. The first-order valence-corrected chi connectivity index (χ1v) is 6.94. The quantitative estimate of drug-likeness (QED) is 0.397. The van der Waals surface area contributed by atoms with E-state index < -0.39 is 11.9 Å². The molecule has 0 aromatic heterocycles. The zero-order valence-corrected chi connectivity index (χ0v) is 12.7. The lowest BCUT2D eigenvalue weighted by atomic mass is 10.2. The van der Waals surface area contributed by atoms with Gasteiger partial charge in [-0.25, -0.2) is 0 Å². The van der Waals surface area contributed by atoms with Gasteiger partial charge >= 0.3 is 5.97 Å². The number of amides is 1. The summed E-state index contributed by atoms with van der Waals surface area (Å²) < 4.78 is 0.886. The molecular weight excluding hydrogens is 338 g/mol. The van der Waals surface area contributed by atoms with E-state index in [1.165, 1.54) is 6.20 Å². The summed E-state index contributed by atoms with van der Waals surface area (Å²) in [5.74, 6) is -1.40. The lowest BCUT2D eigenvalue weighted by molar-refractivity contribution is -0.137. The first kappa shape index (κ1) is 16.7. The Morgan fingerprint density at radius 1 is 1.33 bits per heavy atom. The van der Waals surface area contributed by atoms with Crippen LogP contribution in [0.2, 0.25) is 0 Å². The zero-order valence-electron chi connectivity index (χ0n) is 11.1. The van der Waals surface area contributed by atoms with Crippen molar-refractivity contribution in [1.82, 2.24) is 5.32 Å². The molecule has 1 aromatic carbocycles. The molecule has 0 fully saturated rings. The van der Waals surface area contributed by atoms with E-state index in [4.69, 9.17) is 10.4 Å². The molecule has 0 bridgehead atoms. The zero-order chi connectivity index (χ0) is 15.7. The number of rotatable bonds is 7. The molecule has 110 valence electrons. The Balaban J connectivity index is 2.51. The van der Waals surface area contributed by atoms with Crippen LogP contribution >= 0.6 is 15.9 Å². The fraction of sp³-hybridized carbons (Fsp3) is 0.214. The van der Waals surface area contributed by atoms with E-state index in [1.54, 1.807) is 30.3 Å². The van der Waals surface area contributed by atoms with Crippen LogP contribution in [-0.4, -0.2) is 23.5 Å². The molecule has 0 radical (unpaired) electrons. The summed E-state index contributed by atoms with van der Waals surface area (Å²) in [6.45, 7) is 0.378. The van der Waals surface area contributed by atoms with Gasteiger partial charge in [-0.05, 0) is 30.7 Å². The molecule has 0 saturated carbocycles. The van der Waals surface area contributed by atoms with Crippen LogP contribution in [0.3, 0.4) is 0 Å². The number of carboxylic acid groups (broad SMARTS) is 1. The maximum atomic E-state index is 11.9. The summed E-state index contributed by atoms with van der Waals surface area (Å²) in [6, 6.07) is 8.75. The average Bonchev–Trinajstić information content (AvgIpc) is 2.45. The van der Waals surface area contributed by atoms with Crippen molar-refractivity contribution in [2.75, 3.05) is 11.9 Å². The summed E-state index contributed by atoms with van der Waals surface area (Å²) in [4.78, 5) is 22.2. The second kappa shape index (κ2) is 8.76. The Kier molecular flexibility index (Phi) is 6.98. The summed E-state index contributed by atoms with van der Waals surface area (Å²) in [5, 5.41) is 22.8. The Morgan fingerprint density at radius 3 is 2.57 bits per heavy atom. The molecule has 1 aromatic rings. The van der Waals surface area contributed by atoms with Gasteiger partial charge in [-0.3, -0.25) is 9.59 Å². The first-order valence-electron chi connectivity index (χ1n) is 6.15. The third-order valence-corrected chi connectivity index (χ3v) is 2.95. The number of nitrogens with one attached hydrogen (secondary N) is 2. The van der Waals surface area contributed by atoms with Crippen molar-refractivity contribution >= 4 is 33.5 Å². The molecule has 7 heteroatoms. The van der Waals surface area contributed by atoms with Gasteiger partial charge < -0.3 is 15.7 Å². The van der Waals surface area contributed by atoms with Gasteiger partial charge in [0.1, 0.15) is 11.6 Å². The highest BCUT2D eigenvalue weighted by molar-refractivity contribution is 9.10. The number of anilines is 1. The number of hydrogen-bond acceptors (Lipinski definition) is 4. The molecule has 3 N–H and O–H groups in total. The lowest BCUT2D eigenvalue weighted by Gasteiger charge is -2.05. The number of carbonyl (C=O) groups is 2. The van der Waals surface area contributed by atoms with E-state index in [2.05, 4.69) is 26.6 Å². The normalized spacial score (nSPS) is 10.6. The third-order valence-electron chi connectivity index (χ3n) is 2.43. The van der Waals surface area contributed by atoms with Crippen molar-refractivity contribution in [1.29, 1.82) is 5.26 Å². The van der Waals surface area contributed by atoms with Crippen molar-refractivity contribution in [2.24, 2.45) is 0 Å². The predicted molar refractivity (Wildman–Crippen MR) is 81.3 cm³/mol. The third kappa shape index (κ3) is 6.58. The highest BCUT2D eigenvalue weighted by Gasteiger charge is 2.08. The summed E-state index contributed by atoms with van der Waals surface area (Å²) >= 11 is 3.29. The van der Waals surface area contributed by atoms with Gasteiger partial charge in [-0.15, -0.1) is 0 Å². The topological polar surface area (TPSA) is 102 Å². The summed E-state index contributed by atoms with van der Waals surface area (Å²) in [6.07, 6.45) is 1.74. The van der Waals surface area contributed by atoms with Gasteiger partial charge in [0.25, 0.3) is 5.91 Å². The van der Waals surface area contributed by atoms with Crippen LogP contribution in [0.15, 0.2) is 40.5 Å². The number of nitriles is 1. The minimum atomic E-state index is -0.880. The predicted octanol–water partition coefficient (Wildman–Crippen LogP) is 2.25. The van der Waals surface area contributed by atoms with Crippen LogP contribution in [0.4, 0.5) is 5.69 Å². The van der Waals surface area contributed by atoms with E-state index in [0.29, 0.717) is 18.7 Å². The number of aliphatic carboxylic acids is 1. The fourth-order valence-corrected chi connectivity index (χ4v) is 1.66. The van der Waals surface area contributed by atoms with Crippen LogP contribution < -0.4 is 10.6 Å². The lowest BCUT2D eigenvalue weighted by Crippen LogP contribution is -2.17. The molecule has 6 nitrogen and oxygen atoms in total. The second-order valence-corrected chi connectivity index (χ2v) is 5.00. The van der Waals surface area contributed by atoms with Gasteiger partial charge in [-0.1, -0.05) is 15.9 Å². The molecule has 21 heavy (non-hydrogen) atoms. The van der Waals surface area contributed by atoms with Gasteiger partial charge in [0.05, 0.1) is 0 Å². The van der Waals surface area contributed by atoms with Gasteiger partial charge in [0.2, 0.25) is 0 Å². The Bertz CT molecular complexity index is 576. The van der Waals surface area contributed by atoms with E-state index in [9.17, 15) is 9.59 Å². The molecule has 0 atom stereocenters. The van der Waals surface area contributed by atoms with Crippen LogP contribution in [0, 0.1) is 11.3 Å². The largest absolute Gasteiger partial charge is 0.481 e. The molecular formula is C14H14BrN3O3. The SMILES string of the molecule is N#C/C(=C/NCCCC(=O)O)C(=O)Nc1ccc(Br)cc1. The van der Waals surface area contributed by atoms with E-state index in [-0.39, 0.29) is 12.0 Å². The van der Waals surface area contributed by atoms with Crippen LogP contribution in [0.1, 0.15) is 12.8 Å². The molecule has 0 heterocycles. The molecule has 0 spiro atoms. The smallest absolute Gasteiger partial charge is 0.303 e. The first-order chi connectivity index (χ1) is 10.0. The van der Waals surface area contributed by atoms with Crippen molar-refractivity contribution in [2.45, 2.75) is 12.8 Å². The van der Waals surface area contributed by atoms with Gasteiger partial charge in [0.15, 0.2) is 0 Å². The van der Waals surface area contributed by atoms with Crippen LogP contribution in [-0.2, 0) is 9.59 Å². The van der Waals surface area contributed by atoms with Gasteiger partial charge in [-0.2, -0.15) is 5.26 Å². The molecule has 0 unspecified atom stereocenters. The number of hydrogen-bond donors (Lipinski definition) is 3. The molecule has 0 aliphatic heterocycles. The van der Waals surface area contributed by atoms with Crippen molar-refractivity contribution in [3.63, 3.8) is 0 Å². The van der Waals surface area contributed by atoms with E-state index in [1.807, 2.05) is 0 Å². The van der Waals surface area contributed by atoms with Crippen LogP contribution in [0.5, 0.6) is 0 Å². The number of carboxylic acids is 1.